The van der Waals surface area contributed by atoms with Crippen LogP contribution >= 0.6 is 11.8 Å². The maximum Gasteiger partial charge on any atom is 0.307 e. The molecule has 1 heterocycles. The molecule has 1 aliphatic heterocycles. The number of hydrogen-bond donors (Lipinski definition) is 2. The van der Waals surface area contributed by atoms with Crippen LogP contribution in [0, 0.1) is 0 Å². The van der Waals surface area contributed by atoms with Crippen LogP contribution < -0.4 is 10.6 Å². The van der Waals surface area contributed by atoms with Crippen LogP contribution in [-0.4, -0.2) is 29.6 Å². The van der Waals surface area contributed by atoms with Gasteiger partial charge >= 0.3 is 5.97 Å². The minimum absolute atomic E-state index is 0.0936. The molecule has 0 aromatic heterocycles. The number of rotatable bonds is 6. The Bertz CT molecular complexity index is 869. The smallest absolute Gasteiger partial charge is 0.307 e. The number of fused-ring (bicyclic) bond motifs is 1. The van der Waals surface area contributed by atoms with Gasteiger partial charge in [-0.05, 0) is 30.2 Å². The van der Waals surface area contributed by atoms with E-state index in [1.54, 1.807) is 6.07 Å². The summed E-state index contributed by atoms with van der Waals surface area (Å²) in [6, 6.07) is 14.9. The largest absolute Gasteiger partial charge is 0.456 e. The van der Waals surface area contributed by atoms with E-state index >= 15 is 0 Å². The van der Waals surface area contributed by atoms with Crippen molar-refractivity contribution in [2.75, 3.05) is 17.2 Å². The first-order valence-electron chi connectivity index (χ1n) is 8.66. The zero-order valence-electron chi connectivity index (χ0n) is 14.9. The number of nitrogens with one attached hydrogen (secondary N) is 2. The highest BCUT2D eigenvalue weighted by Gasteiger charge is 2.29. The number of ether oxygens (including phenoxy) is 1. The molecular weight excluding hydrogens is 364 g/mol. The molecule has 1 atom stereocenters. The molecule has 2 N–H and O–H groups in total. The Kier molecular flexibility index (Phi) is 6.13. The molecular formula is C20H20N2O4S. The van der Waals surface area contributed by atoms with Crippen molar-refractivity contribution in [3.63, 3.8) is 0 Å². The van der Waals surface area contributed by atoms with Crippen LogP contribution in [0.25, 0.3) is 0 Å². The highest BCUT2D eigenvalue weighted by Crippen LogP contribution is 2.36. The maximum atomic E-state index is 12.1. The Morgan fingerprint density at radius 2 is 1.89 bits per heavy atom. The second-order valence-electron chi connectivity index (χ2n) is 6.02. The summed E-state index contributed by atoms with van der Waals surface area (Å²) in [5, 5.41) is 4.95. The Balaban J connectivity index is 1.50. The van der Waals surface area contributed by atoms with E-state index in [2.05, 4.69) is 10.6 Å². The first kappa shape index (κ1) is 19.0. The molecule has 0 radical (unpaired) electrons. The van der Waals surface area contributed by atoms with E-state index in [0.717, 1.165) is 22.6 Å². The van der Waals surface area contributed by atoms with E-state index in [0.29, 0.717) is 5.69 Å². The van der Waals surface area contributed by atoms with E-state index in [9.17, 15) is 14.4 Å². The second kappa shape index (κ2) is 8.73. The number of carbonyl (C=O) groups excluding carboxylic acids is 3. The normalized spacial score (nSPS) is 15.4. The molecule has 0 bridgehead atoms. The molecule has 2 amide bonds. The van der Waals surface area contributed by atoms with Gasteiger partial charge < -0.3 is 15.4 Å². The fourth-order valence-electron chi connectivity index (χ4n) is 2.72. The molecule has 0 unspecified atom stereocenters. The molecule has 1 aliphatic rings. The zero-order valence-corrected chi connectivity index (χ0v) is 15.7. The summed E-state index contributed by atoms with van der Waals surface area (Å²) in [6.45, 7) is 1.61. The van der Waals surface area contributed by atoms with E-state index in [-0.39, 0.29) is 18.9 Å². The van der Waals surface area contributed by atoms with Gasteiger partial charge in [0, 0.05) is 10.6 Å². The lowest BCUT2D eigenvalue weighted by molar-refractivity contribution is -0.147. The van der Waals surface area contributed by atoms with Crippen molar-refractivity contribution in [3.05, 3.63) is 54.1 Å². The van der Waals surface area contributed by atoms with Crippen molar-refractivity contribution < 1.29 is 19.1 Å². The van der Waals surface area contributed by atoms with Crippen molar-refractivity contribution in [2.24, 2.45) is 0 Å². The number of aryl methyl sites for hydroxylation is 1. The molecule has 3 rings (SSSR count). The molecule has 140 valence electrons. The summed E-state index contributed by atoms with van der Waals surface area (Å²) in [5.74, 6) is -1.23. The van der Waals surface area contributed by atoms with Gasteiger partial charge in [-0.3, -0.25) is 14.4 Å². The summed E-state index contributed by atoms with van der Waals surface area (Å²) >= 11 is 1.32. The number of hydrogen-bond acceptors (Lipinski definition) is 5. The maximum absolute atomic E-state index is 12.1. The lowest BCUT2D eigenvalue weighted by Gasteiger charge is -2.23. The van der Waals surface area contributed by atoms with E-state index in [4.69, 9.17) is 4.74 Å². The lowest BCUT2D eigenvalue weighted by Crippen LogP contribution is -2.32. The van der Waals surface area contributed by atoms with Crippen LogP contribution in [0.15, 0.2) is 53.4 Å². The predicted octanol–water partition coefficient (Wildman–Crippen LogP) is 3.23. The average molecular weight is 384 g/mol. The van der Waals surface area contributed by atoms with Crippen LogP contribution in [0.3, 0.4) is 0 Å². The lowest BCUT2D eigenvalue weighted by atomic mass is 10.1. The minimum Gasteiger partial charge on any atom is -0.456 e. The van der Waals surface area contributed by atoms with Gasteiger partial charge in [0.2, 0.25) is 5.91 Å². The minimum atomic E-state index is -0.582. The molecule has 27 heavy (non-hydrogen) atoms. The van der Waals surface area contributed by atoms with Gasteiger partial charge in [-0.25, -0.2) is 0 Å². The third-order valence-electron chi connectivity index (χ3n) is 4.10. The van der Waals surface area contributed by atoms with Crippen LogP contribution in [0.2, 0.25) is 0 Å². The van der Waals surface area contributed by atoms with Crippen molar-refractivity contribution in [1.29, 1.82) is 0 Å². The topological polar surface area (TPSA) is 84.5 Å². The number of amides is 2. The van der Waals surface area contributed by atoms with E-state index in [1.165, 1.54) is 11.8 Å². The molecule has 0 spiro atoms. The van der Waals surface area contributed by atoms with Crippen LogP contribution in [0.1, 0.15) is 18.9 Å². The molecule has 0 fully saturated rings. The molecule has 7 heteroatoms. The van der Waals surface area contributed by atoms with Crippen molar-refractivity contribution >= 4 is 40.9 Å². The summed E-state index contributed by atoms with van der Waals surface area (Å²) < 4.78 is 5.04. The van der Waals surface area contributed by atoms with Crippen LogP contribution in [-0.2, 0) is 25.5 Å². The number of para-hydroxylation sites is 2. The Morgan fingerprint density at radius 3 is 2.70 bits per heavy atom. The standard InChI is InChI=1S/C20H20N2O4S/c1-2-13-7-3-4-8-14(13)21-18(23)12-26-19(24)11-17-20(25)22-15-9-5-6-10-16(15)27-17/h3-10,17H,2,11-12H2,1H3,(H,21,23)(H,22,25)/t17-/m1/s1. The fourth-order valence-corrected chi connectivity index (χ4v) is 3.82. The molecule has 2 aromatic rings. The number of benzene rings is 2. The Labute approximate surface area is 161 Å². The zero-order chi connectivity index (χ0) is 19.2. The van der Waals surface area contributed by atoms with Gasteiger partial charge in [0.15, 0.2) is 6.61 Å². The van der Waals surface area contributed by atoms with Gasteiger partial charge in [-0.1, -0.05) is 37.3 Å². The van der Waals surface area contributed by atoms with Gasteiger partial charge in [0.1, 0.15) is 0 Å². The van der Waals surface area contributed by atoms with Crippen molar-refractivity contribution in [2.45, 2.75) is 29.9 Å². The van der Waals surface area contributed by atoms with Crippen LogP contribution in [0.4, 0.5) is 11.4 Å². The molecule has 0 aliphatic carbocycles. The summed E-state index contributed by atoms with van der Waals surface area (Å²) in [6.07, 6.45) is 0.690. The van der Waals surface area contributed by atoms with Gasteiger partial charge in [-0.15, -0.1) is 11.8 Å². The predicted molar refractivity (Wildman–Crippen MR) is 105 cm³/mol. The Hall–Kier alpha value is -2.80. The first-order valence-corrected chi connectivity index (χ1v) is 9.54. The molecule has 2 aromatic carbocycles. The number of thioether (sulfide) groups is 1. The van der Waals surface area contributed by atoms with Crippen LogP contribution in [0.5, 0.6) is 0 Å². The SMILES string of the molecule is CCc1ccccc1NC(=O)COC(=O)C[C@H]1Sc2ccccc2NC1=O. The average Bonchev–Trinajstić information content (AvgIpc) is 2.67. The second-order valence-corrected chi connectivity index (χ2v) is 7.26. The highest BCUT2D eigenvalue weighted by atomic mass is 32.2. The summed E-state index contributed by atoms with van der Waals surface area (Å²) in [7, 11) is 0. The monoisotopic (exact) mass is 384 g/mol. The highest BCUT2D eigenvalue weighted by molar-refractivity contribution is 8.01. The van der Waals surface area contributed by atoms with Crippen molar-refractivity contribution in [3.8, 4) is 0 Å². The van der Waals surface area contributed by atoms with Gasteiger partial charge in [0.25, 0.3) is 5.91 Å². The van der Waals surface area contributed by atoms with Gasteiger partial charge in [-0.2, -0.15) is 0 Å². The number of anilines is 2. The summed E-state index contributed by atoms with van der Waals surface area (Å²) in [5.41, 5.74) is 2.46. The molecule has 0 saturated heterocycles. The fraction of sp³-hybridized carbons (Fsp3) is 0.250. The van der Waals surface area contributed by atoms with Crippen molar-refractivity contribution in [1.82, 2.24) is 0 Å². The van der Waals surface area contributed by atoms with Gasteiger partial charge in [0.05, 0.1) is 17.4 Å². The summed E-state index contributed by atoms with van der Waals surface area (Å²) in [4.78, 5) is 37.1. The molecule has 6 nitrogen and oxygen atoms in total. The third kappa shape index (κ3) is 4.89. The van der Waals surface area contributed by atoms with E-state index in [1.807, 2.05) is 49.4 Å². The number of esters is 1. The third-order valence-corrected chi connectivity index (χ3v) is 5.37. The first-order chi connectivity index (χ1) is 13.1. The number of carbonyl (C=O) groups is 3. The quantitative estimate of drug-likeness (QED) is 0.747. The Morgan fingerprint density at radius 1 is 1.15 bits per heavy atom. The molecule has 0 saturated carbocycles. The van der Waals surface area contributed by atoms with E-state index < -0.39 is 17.1 Å².